The highest BCUT2D eigenvalue weighted by molar-refractivity contribution is 5.86. The summed E-state index contributed by atoms with van der Waals surface area (Å²) < 4.78 is 18.2. The molecule has 1 aliphatic rings. The van der Waals surface area contributed by atoms with Crippen molar-refractivity contribution in [2.45, 2.75) is 32.7 Å². The van der Waals surface area contributed by atoms with Crippen molar-refractivity contribution in [1.82, 2.24) is 29.7 Å². The summed E-state index contributed by atoms with van der Waals surface area (Å²) in [6.07, 6.45) is 5.04. The van der Waals surface area contributed by atoms with Crippen LogP contribution in [-0.2, 0) is 0 Å². The highest BCUT2D eigenvalue weighted by Crippen LogP contribution is 2.26. The molecule has 7 nitrogen and oxygen atoms in total. The normalized spacial score (nSPS) is 15.4. The Morgan fingerprint density at radius 2 is 1.97 bits per heavy atom. The van der Waals surface area contributed by atoms with Gasteiger partial charge in [-0.1, -0.05) is 0 Å². The Kier molecular flexibility index (Phi) is 4.16. The number of piperidine rings is 1. The molecular weight excluding hydrogens is 371 g/mol. The fourth-order valence-electron chi connectivity index (χ4n) is 4.09. The molecule has 1 saturated heterocycles. The molecule has 0 radical (unpaired) electrons. The quantitative estimate of drug-likeness (QED) is 0.568. The van der Waals surface area contributed by atoms with Crippen LogP contribution in [0.2, 0.25) is 0 Å². The van der Waals surface area contributed by atoms with Crippen LogP contribution in [0.25, 0.3) is 27.7 Å². The topological polar surface area (TPSA) is 77.1 Å². The van der Waals surface area contributed by atoms with Crippen LogP contribution < -0.4 is 10.9 Å². The third-order valence-corrected chi connectivity index (χ3v) is 5.54. The summed E-state index contributed by atoms with van der Waals surface area (Å²) in [6, 6.07) is 5.04. The predicted octanol–water partition coefficient (Wildman–Crippen LogP) is 2.79. The van der Waals surface area contributed by atoms with Crippen molar-refractivity contribution in [2.24, 2.45) is 0 Å². The molecule has 4 heterocycles. The van der Waals surface area contributed by atoms with E-state index in [-0.39, 0.29) is 17.0 Å². The van der Waals surface area contributed by atoms with Crippen LogP contribution in [0, 0.1) is 19.7 Å². The van der Waals surface area contributed by atoms with Crippen molar-refractivity contribution in [1.29, 1.82) is 0 Å². The average Bonchev–Trinajstić information content (AvgIpc) is 3.09. The van der Waals surface area contributed by atoms with E-state index in [1.165, 1.54) is 10.7 Å². The van der Waals surface area contributed by atoms with E-state index in [4.69, 9.17) is 0 Å². The lowest BCUT2D eigenvalue weighted by atomic mass is 10.0. The number of imidazole rings is 1. The van der Waals surface area contributed by atoms with E-state index in [0.29, 0.717) is 16.6 Å². The molecule has 8 heteroatoms. The summed E-state index contributed by atoms with van der Waals surface area (Å²) in [4.78, 5) is 17.4. The molecule has 0 bridgehead atoms. The van der Waals surface area contributed by atoms with Gasteiger partial charge in [0.1, 0.15) is 5.82 Å². The number of rotatable bonds is 2. The van der Waals surface area contributed by atoms with Crippen LogP contribution in [0.15, 0.2) is 35.4 Å². The first kappa shape index (κ1) is 17.9. The Balaban J connectivity index is 1.64. The van der Waals surface area contributed by atoms with Crippen molar-refractivity contribution in [3.63, 3.8) is 0 Å². The summed E-state index contributed by atoms with van der Waals surface area (Å²) in [5.74, 6) is -0.547. The van der Waals surface area contributed by atoms with Crippen molar-refractivity contribution in [3.05, 3.63) is 58.0 Å². The number of halogens is 1. The average molecular weight is 392 g/mol. The summed E-state index contributed by atoms with van der Waals surface area (Å²) in [5, 5.41) is 12.7. The number of nitrogens with zero attached hydrogens (tertiary/aromatic N) is 5. The molecule has 0 aliphatic carbocycles. The third-order valence-electron chi connectivity index (χ3n) is 5.54. The monoisotopic (exact) mass is 392 g/mol. The molecule has 0 unspecified atom stereocenters. The van der Waals surface area contributed by atoms with Gasteiger partial charge in [0, 0.05) is 10.9 Å². The Labute approximate surface area is 166 Å². The minimum absolute atomic E-state index is 0.00318. The van der Waals surface area contributed by atoms with E-state index in [1.54, 1.807) is 16.8 Å². The Bertz CT molecular complexity index is 1300. The molecule has 0 amide bonds. The van der Waals surface area contributed by atoms with Crippen LogP contribution in [0.1, 0.15) is 30.1 Å². The molecule has 29 heavy (non-hydrogen) atoms. The lowest BCUT2D eigenvalue weighted by Gasteiger charge is -2.23. The molecule has 0 saturated carbocycles. The maximum absolute atomic E-state index is 15.1. The highest BCUT2D eigenvalue weighted by Gasteiger charge is 2.20. The molecule has 0 spiro atoms. The van der Waals surface area contributed by atoms with E-state index in [9.17, 15) is 4.79 Å². The van der Waals surface area contributed by atoms with Gasteiger partial charge in [-0.2, -0.15) is 10.2 Å². The summed E-state index contributed by atoms with van der Waals surface area (Å²) in [5.41, 5.74) is 3.44. The van der Waals surface area contributed by atoms with Gasteiger partial charge >= 0.3 is 0 Å². The standard InChI is InChI=1S/C21H21FN6O/c1-12-7-18(26-27-11-13(2)25-20(12)27)14-8-15-10-24-28(16-3-5-23-6-4-16)21(29)19(15)17(22)9-14/h7-11,16,23H,3-6H2,1-2H3. The molecular formula is C21H21FN6O. The van der Waals surface area contributed by atoms with Gasteiger partial charge in [0.15, 0.2) is 5.65 Å². The number of aryl methyl sites for hydroxylation is 2. The molecule has 1 N–H and O–H groups in total. The summed E-state index contributed by atoms with van der Waals surface area (Å²) in [7, 11) is 0. The fraction of sp³-hybridized carbons (Fsp3) is 0.333. The molecule has 0 atom stereocenters. The first-order valence-corrected chi connectivity index (χ1v) is 9.77. The van der Waals surface area contributed by atoms with Crippen LogP contribution in [0.3, 0.4) is 0 Å². The number of hydrogen-bond acceptors (Lipinski definition) is 5. The van der Waals surface area contributed by atoms with Gasteiger partial charge in [-0.15, -0.1) is 0 Å². The summed E-state index contributed by atoms with van der Waals surface area (Å²) in [6.45, 7) is 5.52. The predicted molar refractivity (Wildman–Crippen MR) is 109 cm³/mol. The van der Waals surface area contributed by atoms with Crippen molar-refractivity contribution in [3.8, 4) is 11.3 Å². The molecule has 1 fully saturated rings. The van der Waals surface area contributed by atoms with Crippen molar-refractivity contribution in [2.75, 3.05) is 13.1 Å². The van der Waals surface area contributed by atoms with Crippen LogP contribution in [-0.4, -0.2) is 37.5 Å². The Hall–Kier alpha value is -3.13. The zero-order chi connectivity index (χ0) is 20.1. The fourth-order valence-corrected chi connectivity index (χ4v) is 4.09. The maximum Gasteiger partial charge on any atom is 0.277 e. The minimum Gasteiger partial charge on any atom is -0.317 e. The van der Waals surface area contributed by atoms with Gasteiger partial charge in [0.2, 0.25) is 0 Å². The molecule has 1 aliphatic heterocycles. The minimum atomic E-state index is -0.547. The van der Waals surface area contributed by atoms with Gasteiger partial charge in [0.25, 0.3) is 5.56 Å². The number of fused-ring (bicyclic) bond motifs is 2. The van der Waals surface area contributed by atoms with E-state index < -0.39 is 5.82 Å². The first-order chi connectivity index (χ1) is 14.0. The van der Waals surface area contributed by atoms with Crippen LogP contribution >= 0.6 is 0 Å². The summed E-state index contributed by atoms with van der Waals surface area (Å²) >= 11 is 0. The molecule has 5 rings (SSSR count). The second kappa shape index (κ2) is 6.73. The van der Waals surface area contributed by atoms with Gasteiger partial charge in [-0.3, -0.25) is 4.79 Å². The van der Waals surface area contributed by atoms with Gasteiger partial charge in [-0.05, 0) is 63.5 Å². The number of aromatic nitrogens is 5. The lowest BCUT2D eigenvalue weighted by Crippen LogP contribution is -2.35. The Morgan fingerprint density at radius 1 is 1.17 bits per heavy atom. The highest BCUT2D eigenvalue weighted by atomic mass is 19.1. The lowest BCUT2D eigenvalue weighted by molar-refractivity contribution is 0.333. The zero-order valence-corrected chi connectivity index (χ0v) is 16.3. The second-order valence-electron chi connectivity index (χ2n) is 7.66. The van der Waals surface area contributed by atoms with Crippen molar-refractivity contribution >= 4 is 16.4 Å². The number of hydrogen-bond donors (Lipinski definition) is 1. The number of nitrogens with one attached hydrogen (secondary N) is 1. The van der Waals surface area contributed by atoms with E-state index in [2.05, 4.69) is 20.5 Å². The van der Waals surface area contributed by atoms with E-state index >= 15 is 4.39 Å². The SMILES string of the molecule is Cc1cn2nc(-c3cc(F)c4c(=O)n(C5CCNCC5)ncc4c3)cc(C)c2n1. The van der Waals surface area contributed by atoms with Gasteiger partial charge < -0.3 is 5.32 Å². The second-order valence-corrected chi connectivity index (χ2v) is 7.66. The van der Waals surface area contributed by atoms with Crippen LogP contribution in [0.5, 0.6) is 0 Å². The molecule has 3 aromatic heterocycles. The molecule has 148 valence electrons. The van der Waals surface area contributed by atoms with Crippen LogP contribution in [0.4, 0.5) is 4.39 Å². The zero-order valence-electron chi connectivity index (χ0n) is 16.3. The van der Waals surface area contributed by atoms with E-state index in [1.807, 2.05) is 26.1 Å². The number of benzene rings is 1. The maximum atomic E-state index is 15.1. The molecule has 1 aromatic carbocycles. The van der Waals surface area contributed by atoms with Gasteiger partial charge in [-0.25, -0.2) is 18.6 Å². The largest absolute Gasteiger partial charge is 0.317 e. The van der Waals surface area contributed by atoms with Crippen molar-refractivity contribution < 1.29 is 4.39 Å². The Morgan fingerprint density at radius 3 is 2.76 bits per heavy atom. The molecule has 4 aromatic rings. The van der Waals surface area contributed by atoms with E-state index in [0.717, 1.165) is 42.8 Å². The smallest absolute Gasteiger partial charge is 0.277 e. The van der Waals surface area contributed by atoms with Gasteiger partial charge in [0.05, 0.1) is 35.2 Å². The first-order valence-electron chi connectivity index (χ1n) is 9.77. The third kappa shape index (κ3) is 3.00.